The average molecular weight is 509 g/mol. The van der Waals surface area contributed by atoms with Gasteiger partial charge in [-0.2, -0.15) is 0 Å². The van der Waals surface area contributed by atoms with E-state index in [4.69, 9.17) is 10.5 Å². The summed E-state index contributed by atoms with van der Waals surface area (Å²) in [6, 6.07) is 14.3. The van der Waals surface area contributed by atoms with Gasteiger partial charge < -0.3 is 26.0 Å². The standard InChI is InChI=1S/C28H36N4O5/c1-6-19-13-10-14-21(17-19)24(25(34)30-18-20-11-8-7-9-12-20)32(5)26(35)22(15-16-23(29)33)31-27(36)37-28(2,3)4/h6-14,17,22,24H,1,15-16,18H2,2-5H3,(H2,29,33)(H,30,34)(H,31,36). The fourth-order valence-electron chi connectivity index (χ4n) is 3.66. The quantitative estimate of drug-likeness (QED) is 0.429. The van der Waals surface area contributed by atoms with Crippen LogP contribution in [0.25, 0.3) is 6.08 Å². The zero-order valence-corrected chi connectivity index (χ0v) is 21.8. The lowest BCUT2D eigenvalue weighted by Gasteiger charge is -2.31. The lowest BCUT2D eigenvalue weighted by Crippen LogP contribution is -2.51. The number of alkyl carbamates (subject to hydrolysis) is 1. The largest absolute Gasteiger partial charge is 0.444 e. The van der Waals surface area contributed by atoms with Crippen LogP contribution in [0.3, 0.4) is 0 Å². The van der Waals surface area contributed by atoms with E-state index < -0.39 is 41.5 Å². The number of ether oxygens (including phenoxy) is 1. The first kappa shape index (κ1) is 29.1. The highest BCUT2D eigenvalue weighted by atomic mass is 16.6. The van der Waals surface area contributed by atoms with Gasteiger partial charge in [-0.3, -0.25) is 14.4 Å². The molecule has 2 atom stereocenters. The number of nitrogens with zero attached hydrogens (tertiary/aromatic N) is 1. The Balaban J connectivity index is 2.35. The third-order valence-corrected chi connectivity index (χ3v) is 5.42. The molecule has 2 aromatic carbocycles. The van der Waals surface area contributed by atoms with Crippen molar-refractivity contribution in [2.45, 2.75) is 57.8 Å². The van der Waals surface area contributed by atoms with Crippen molar-refractivity contribution in [2.75, 3.05) is 7.05 Å². The maximum Gasteiger partial charge on any atom is 0.408 e. The van der Waals surface area contributed by atoms with Crippen molar-refractivity contribution in [3.05, 3.63) is 77.9 Å². The Morgan fingerprint density at radius 2 is 1.76 bits per heavy atom. The highest BCUT2D eigenvalue weighted by molar-refractivity contribution is 5.92. The van der Waals surface area contributed by atoms with Gasteiger partial charge in [0.25, 0.3) is 0 Å². The number of nitrogens with two attached hydrogens (primary N) is 1. The molecule has 4 amide bonds. The van der Waals surface area contributed by atoms with Gasteiger partial charge in [-0.15, -0.1) is 0 Å². The minimum atomic E-state index is -1.14. The van der Waals surface area contributed by atoms with Crippen LogP contribution in [0.15, 0.2) is 61.2 Å². The third-order valence-electron chi connectivity index (χ3n) is 5.42. The normalized spacial score (nSPS) is 12.5. The summed E-state index contributed by atoms with van der Waals surface area (Å²) in [6.07, 6.45) is 0.631. The van der Waals surface area contributed by atoms with Gasteiger partial charge in [0, 0.05) is 20.0 Å². The fraction of sp³-hybridized carbons (Fsp3) is 0.357. The first-order valence-electron chi connectivity index (χ1n) is 12.0. The fourth-order valence-corrected chi connectivity index (χ4v) is 3.66. The number of rotatable bonds is 11. The van der Waals surface area contributed by atoms with Crippen molar-refractivity contribution in [3.63, 3.8) is 0 Å². The van der Waals surface area contributed by atoms with Gasteiger partial charge >= 0.3 is 6.09 Å². The zero-order chi connectivity index (χ0) is 27.6. The number of likely N-dealkylation sites (N-methyl/N-ethyl adjacent to an activating group) is 1. The van der Waals surface area contributed by atoms with E-state index in [0.717, 1.165) is 11.1 Å². The van der Waals surface area contributed by atoms with E-state index in [1.165, 1.54) is 11.9 Å². The molecule has 0 bridgehead atoms. The van der Waals surface area contributed by atoms with Crippen LogP contribution in [0.5, 0.6) is 0 Å². The predicted octanol–water partition coefficient (Wildman–Crippen LogP) is 3.30. The lowest BCUT2D eigenvalue weighted by atomic mass is 10.00. The first-order chi connectivity index (χ1) is 17.4. The van der Waals surface area contributed by atoms with Gasteiger partial charge in [0.2, 0.25) is 17.7 Å². The van der Waals surface area contributed by atoms with Crippen LogP contribution in [0, 0.1) is 0 Å². The molecule has 0 radical (unpaired) electrons. The second kappa shape index (κ2) is 13.2. The molecule has 0 fully saturated rings. The summed E-state index contributed by atoms with van der Waals surface area (Å²) in [5.74, 6) is -1.61. The van der Waals surface area contributed by atoms with Crippen LogP contribution in [0.1, 0.15) is 56.3 Å². The molecule has 0 aliphatic heterocycles. The molecule has 2 unspecified atom stereocenters. The second-order valence-electron chi connectivity index (χ2n) is 9.63. The Labute approximate surface area is 218 Å². The third kappa shape index (κ3) is 9.44. The molecule has 0 aliphatic carbocycles. The van der Waals surface area contributed by atoms with Crippen molar-refractivity contribution in [1.29, 1.82) is 0 Å². The molecule has 0 aliphatic rings. The molecule has 2 aromatic rings. The van der Waals surface area contributed by atoms with Gasteiger partial charge in [-0.25, -0.2) is 4.79 Å². The number of amides is 4. The van der Waals surface area contributed by atoms with E-state index in [1.54, 1.807) is 45.0 Å². The minimum Gasteiger partial charge on any atom is -0.444 e. The highest BCUT2D eigenvalue weighted by Gasteiger charge is 2.34. The summed E-state index contributed by atoms with van der Waals surface area (Å²) < 4.78 is 5.29. The van der Waals surface area contributed by atoms with Crippen LogP contribution in [-0.2, 0) is 25.7 Å². The number of benzene rings is 2. The molecule has 0 spiro atoms. The van der Waals surface area contributed by atoms with E-state index >= 15 is 0 Å². The molecular formula is C28H36N4O5. The monoisotopic (exact) mass is 508 g/mol. The van der Waals surface area contributed by atoms with Crippen molar-refractivity contribution >= 4 is 29.9 Å². The van der Waals surface area contributed by atoms with Crippen LogP contribution < -0.4 is 16.4 Å². The molecule has 0 saturated heterocycles. The summed E-state index contributed by atoms with van der Waals surface area (Å²) in [5, 5.41) is 5.41. The average Bonchev–Trinajstić information content (AvgIpc) is 2.84. The summed E-state index contributed by atoms with van der Waals surface area (Å²) in [4.78, 5) is 52.2. The van der Waals surface area contributed by atoms with E-state index in [1.807, 2.05) is 36.4 Å². The number of primary amides is 1. The topological polar surface area (TPSA) is 131 Å². The van der Waals surface area contributed by atoms with E-state index in [0.29, 0.717) is 5.56 Å². The van der Waals surface area contributed by atoms with E-state index in [-0.39, 0.29) is 19.4 Å². The number of hydrogen-bond donors (Lipinski definition) is 3. The molecule has 0 saturated carbocycles. The highest BCUT2D eigenvalue weighted by Crippen LogP contribution is 2.23. The summed E-state index contributed by atoms with van der Waals surface area (Å²) in [6.45, 7) is 9.12. The van der Waals surface area contributed by atoms with Crippen LogP contribution in [-0.4, -0.2) is 47.4 Å². The molecule has 9 nitrogen and oxygen atoms in total. The Morgan fingerprint density at radius 1 is 1.08 bits per heavy atom. The molecule has 2 rings (SSSR count). The SMILES string of the molecule is C=Cc1cccc(C(C(=O)NCc2ccccc2)N(C)C(=O)C(CCC(N)=O)NC(=O)OC(C)(C)C)c1. The van der Waals surface area contributed by atoms with Crippen molar-refractivity contribution in [2.24, 2.45) is 5.73 Å². The lowest BCUT2D eigenvalue weighted by molar-refractivity contribution is -0.141. The van der Waals surface area contributed by atoms with Gasteiger partial charge in [0.1, 0.15) is 17.7 Å². The Hall–Kier alpha value is -4.14. The maximum atomic E-state index is 13.6. The molecular weight excluding hydrogens is 472 g/mol. The molecule has 4 N–H and O–H groups in total. The number of hydrogen-bond acceptors (Lipinski definition) is 5. The summed E-state index contributed by atoms with van der Waals surface area (Å²) in [5.41, 5.74) is 6.73. The van der Waals surface area contributed by atoms with Crippen LogP contribution in [0.4, 0.5) is 4.79 Å². The zero-order valence-electron chi connectivity index (χ0n) is 21.8. The molecule has 0 aromatic heterocycles. The number of nitrogens with one attached hydrogen (secondary N) is 2. The van der Waals surface area contributed by atoms with Crippen LogP contribution >= 0.6 is 0 Å². The van der Waals surface area contributed by atoms with Gasteiger partial charge in [-0.05, 0) is 49.9 Å². The summed E-state index contributed by atoms with van der Waals surface area (Å²) in [7, 11) is 1.48. The predicted molar refractivity (Wildman–Crippen MR) is 142 cm³/mol. The number of carbonyl (C=O) groups is 4. The summed E-state index contributed by atoms with van der Waals surface area (Å²) >= 11 is 0. The molecule has 198 valence electrons. The van der Waals surface area contributed by atoms with Crippen LogP contribution in [0.2, 0.25) is 0 Å². The van der Waals surface area contributed by atoms with E-state index in [2.05, 4.69) is 17.2 Å². The van der Waals surface area contributed by atoms with Crippen molar-refractivity contribution < 1.29 is 23.9 Å². The Bertz CT molecular complexity index is 1110. The molecule has 0 heterocycles. The molecule has 9 heteroatoms. The molecule has 37 heavy (non-hydrogen) atoms. The first-order valence-corrected chi connectivity index (χ1v) is 12.0. The smallest absolute Gasteiger partial charge is 0.408 e. The van der Waals surface area contributed by atoms with Crippen molar-refractivity contribution in [1.82, 2.24) is 15.5 Å². The Kier molecular flexibility index (Phi) is 10.4. The van der Waals surface area contributed by atoms with Gasteiger partial charge in [-0.1, -0.05) is 61.2 Å². The second-order valence-corrected chi connectivity index (χ2v) is 9.63. The number of carbonyl (C=O) groups excluding carboxylic acids is 4. The van der Waals surface area contributed by atoms with Crippen molar-refractivity contribution in [3.8, 4) is 0 Å². The Morgan fingerprint density at radius 3 is 2.35 bits per heavy atom. The van der Waals surface area contributed by atoms with Gasteiger partial charge in [0.05, 0.1) is 0 Å². The van der Waals surface area contributed by atoms with Gasteiger partial charge in [0.15, 0.2) is 0 Å². The maximum absolute atomic E-state index is 13.6. The van der Waals surface area contributed by atoms with E-state index in [9.17, 15) is 19.2 Å². The minimum absolute atomic E-state index is 0.0528.